The fourth-order valence-electron chi connectivity index (χ4n) is 2.32. The fraction of sp³-hybridized carbons (Fsp3) is 0.333. The molecule has 0 aliphatic carbocycles. The highest BCUT2D eigenvalue weighted by atomic mass is 16.6. The van der Waals surface area contributed by atoms with Crippen LogP contribution in [-0.4, -0.2) is 36.7 Å². The third kappa shape index (κ3) is 6.02. The van der Waals surface area contributed by atoms with Crippen molar-refractivity contribution < 1.29 is 23.8 Å². The van der Waals surface area contributed by atoms with Gasteiger partial charge < -0.3 is 19.1 Å². The van der Waals surface area contributed by atoms with Crippen LogP contribution in [0.2, 0.25) is 0 Å². The Labute approximate surface area is 159 Å². The number of rotatable bonds is 5. The lowest BCUT2D eigenvalue weighted by molar-refractivity contribution is 0.0284. The second kappa shape index (κ2) is 8.58. The van der Waals surface area contributed by atoms with E-state index in [1.54, 1.807) is 46.0 Å². The lowest BCUT2D eigenvalue weighted by Crippen LogP contribution is -2.33. The molecule has 0 atom stereocenters. The van der Waals surface area contributed by atoms with Gasteiger partial charge in [-0.2, -0.15) is 0 Å². The standard InChI is InChI=1S/C21H25NO5/c1-21(2,3)27-20(24)22(4)14-16-13-15(19(23)25-5)11-12-18(16)26-17-9-7-6-8-10-17/h6-13H,14H2,1-5H3. The Bertz CT molecular complexity index is 796. The van der Waals surface area contributed by atoms with Crippen LogP contribution in [0.4, 0.5) is 4.79 Å². The number of carbonyl (C=O) groups is 2. The van der Waals surface area contributed by atoms with Crippen molar-refractivity contribution in [1.82, 2.24) is 4.90 Å². The van der Waals surface area contributed by atoms with Crippen LogP contribution in [0.25, 0.3) is 0 Å². The van der Waals surface area contributed by atoms with Crippen LogP contribution in [0.3, 0.4) is 0 Å². The van der Waals surface area contributed by atoms with Gasteiger partial charge in [0.05, 0.1) is 19.2 Å². The third-order valence-electron chi connectivity index (χ3n) is 3.57. The Morgan fingerprint density at radius 1 is 1.04 bits per heavy atom. The largest absolute Gasteiger partial charge is 0.465 e. The number of carbonyl (C=O) groups excluding carboxylic acids is 2. The molecule has 6 nitrogen and oxygen atoms in total. The van der Waals surface area contributed by atoms with Crippen molar-refractivity contribution in [2.75, 3.05) is 14.2 Å². The first-order valence-corrected chi connectivity index (χ1v) is 8.58. The number of nitrogens with zero attached hydrogens (tertiary/aromatic N) is 1. The zero-order chi connectivity index (χ0) is 20.0. The second-order valence-corrected chi connectivity index (χ2v) is 7.07. The van der Waals surface area contributed by atoms with Gasteiger partial charge in [0.15, 0.2) is 0 Å². The van der Waals surface area contributed by atoms with Crippen molar-refractivity contribution in [3.8, 4) is 11.5 Å². The molecule has 0 bridgehead atoms. The Hall–Kier alpha value is -3.02. The van der Waals surface area contributed by atoms with Crippen LogP contribution >= 0.6 is 0 Å². The molecule has 0 heterocycles. The van der Waals surface area contributed by atoms with Crippen LogP contribution in [0, 0.1) is 0 Å². The normalized spacial score (nSPS) is 10.9. The van der Waals surface area contributed by atoms with Gasteiger partial charge in [-0.15, -0.1) is 0 Å². The molecule has 0 aromatic heterocycles. The lowest BCUT2D eigenvalue weighted by atomic mass is 10.1. The summed E-state index contributed by atoms with van der Waals surface area (Å²) in [7, 11) is 2.95. The minimum Gasteiger partial charge on any atom is -0.465 e. The summed E-state index contributed by atoms with van der Waals surface area (Å²) < 4.78 is 16.1. The summed E-state index contributed by atoms with van der Waals surface area (Å²) in [6, 6.07) is 14.3. The number of methoxy groups -OCH3 is 1. The maximum Gasteiger partial charge on any atom is 0.410 e. The van der Waals surface area contributed by atoms with Gasteiger partial charge in [0.1, 0.15) is 17.1 Å². The third-order valence-corrected chi connectivity index (χ3v) is 3.57. The molecule has 0 saturated carbocycles. The minimum atomic E-state index is -0.595. The quantitative estimate of drug-likeness (QED) is 0.717. The molecule has 6 heteroatoms. The summed E-state index contributed by atoms with van der Waals surface area (Å²) in [5.74, 6) is 0.746. The van der Waals surface area contributed by atoms with E-state index >= 15 is 0 Å². The van der Waals surface area contributed by atoms with Crippen LogP contribution in [0.15, 0.2) is 48.5 Å². The van der Waals surface area contributed by atoms with E-state index in [0.717, 1.165) is 0 Å². The van der Waals surface area contributed by atoms with E-state index in [9.17, 15) is 9.59 Å². The van der Waals surface area contributed by atoms with Crippen LogP contribution in [0.5, 0.6) is 11.5 Å². The average Bonchev–Trinajstić information content (AvgIpc) is 2.61. The highest BCUT2D eigenvalue weighted by Gasteiger charge is 2.21. The fourth-order valence-corrected chi connectivity index (χ4v) is 2.32. The van der Waals surface area contributed by atoms with E-state index < -0.39 is 17.7 Å². The van der Waals surface area contributed by atoms with Crippen molar-refractivity contribution >= 4 is 12.1 Å². The molecule has 144 valence electrons. The molecule has 0 radical (unpaired) electrons. The van der Waals surface area contributed by atoms with E-state index in [1.807, 2.05) is 30.3 Å². The predicted octanol–water partition coefficient (Wildman–Crippen LogP) is 4.63. The number of ether oxygens (including phenoxy) is 3. The molecule has 2 aromatic carbocycles. The Morgan fingerprint density at radius 2 is 1.70 bits per heavy atom. The maximum absolute atomic E-state index is 12.3. The molecule has 0 saturated heterocycles. The Kier molecular flexibility index (Phi) is 6.45. The molecule has 0 aliphatic rings. The summed E-state index contributed by atoms with van der Waals surface area (Å²) in [4.78, 5) is 25.6. The maximum atomic E-state index is 12.3. The zero-order valence-electron chi connectivity index (χ0n) is 16.3. The first-order chi connectivity index (χ1) is 12.7. The molecular formula is C21H25NO5. The number of hydrogen-bond acceptors (Lipinski definition) is 5. The van der Waals surface area contributed by atoms with Gasteiger partial charge in [0.2, 0.25) is 0 Å². The van der Waals surface area contributed by atoms with Gasteiger partial charge in [-0.25, -0.2) is 9.59 Å². The van der Waals surface area contributed by atoms with E-state index in [1.165, 1.54) is 12.0 Å². The summed E-state index contributed by atoms with van der Waals surface area (Å²) in [5.41, 5.74) is 0.448. The molecule has 27 heavy (non-hydrogen) atoms. The topological polar surface area (TPSA) is 65.1 Å². The van der Waals surface area contributed by atoms with E-state index in [2.05, 4.69) is 0 Å². The van der Waals surface area contributed by atoms with Gasteiger partial charge in [0, 0.05) is 12.6 Å². The van der Waals surface area contributed by atoms with Crippen molar-refractivity contribution in [2.45, 2.75) is 32.9 Å². The number of amides is 1. The lowest BCUT2D eigenvalue weighted by Gasteiger charge is -2.25. The molecule has 1 amide bonds. The SMILES string of the molecule is COC(=O)c1ccc(Oc2ccccc2)c(CN(C)C(=O)OC(C)(C)C)c1. The van der Waals surface area contributed by atoms with Crippen LogP contribution < -0.4 is 4.74 Å². The Morgan fingerprint density at radius 3 is 2.30 bits per heavy atom. The molecule has 0 fully saturated rings. The summed E-state index contributed by atoms with van der Waals surface area (Å²) in [6.45, 7) is 5.63. The second-order valence-electron chi connectivity index (χ2n) is 7.07. The smallest absolute Gasteiger partial charge is 0.410 e. The van der Waals surface area contributed by atoms with Gasteiger partial charge in [-0.1, -0.05) is 18.2 Å². The van der Waals surface area contributed by atoms with Crippen molar-refractivity contribution in [3.63, 3.8) is 0 Å². The van der Waals surface area contributed by atoms with Gasteiger partial charge >= 0.3 is 12.1 Å². The monoisotopic (exact) mass is 371 g/mol. The number of hydrogen-bond donors (Lipinski definition) is 0. The van der Waals surface area contributed by atoms with Crippen LogP contribution in [-0.2, 0) is 16.0 Å². The molecule has 0 aliphatic heterocycles. The van der Waals surface area contributed by atoms with Gasteiger partial charge in [-0.05, 0) is 51.1 Å². The summed E-state index contributed by atoms with van der Waals surface area (Å²) in [5, 5.41) is 0. The highest BCUT2D eigenvalue weighted by Crippen LogP contribution is 2.28. The highest BCUT2D eigenvalue weighted by molar-refractivity contribution is 5.89. The van der Waals surface area contributed by atoms with Gasteiger partial charge in [0.25, 0.3) is 0 Å². The first-order valence-electron chi connectivity index (χ1n) is 8.58. The van der Waals surface area contributed by atoms with Gasteiger partial charge in [-0.3, -0.25) is 0 Å². The molecule has 0 spiro atoms. The molecule has 2 rings (SSSR count). The average molecular weight is 371 g/mol. The number of para-hydroxylation sites is 1. The van der Waals surface area contributed by atoms with Crippen molar-refractivity contribution in [2.24, 2.45) is 0 Å². The number of esters is 1. The molecule has 2 aromatic rings. The first kappa shape index (κ1) is 20.3. The molecular weight excluding hydrogens is 346 g/mol. The van der Waals surface area contributed by atoms with Crippen molar-refractivity contribution in [1.29, 1.82) is 0 Å². The van der Waals surface area contributed by atoms with Crippen molar-refractivity contribution in [3.05, 3.63) is 59.7 Å². The Balaban J connectivity index is 2.29. The minimum absolute atomic E-state index is 0.210. The predicted molar refractivity (Wildman–Crippen MR) is 102 cm³/mol. The summed E-state index contributed by atoms with van der Waals surface area (Å²) in [6.07, 6.45) is -0.461. The number of benzene rings is 2. The zero-order valence-corrected chi connectivity index (χ0v) is 16.3. The van der Waals surface area contributed by atoms with Crippen LogP contribution in [0.1, 0.15) is 36.7 Å². The van der Waals surface area contributed by atoms with E-state index in [4.69, 9.17) is 14.2 Å². The van der Waals surface area contributed by atoms with E-state index in [-0.39, 0.29) is 6.54 Å². The summed E-state index contributed by atoms with van der Waals surface area (Å²) >= 11 is 0. The molecule has 0 unspecified atom stereocenters. The molecule has 0 N–H and O–H groups in total. The van der Waals surface area contributed by atoms with E-state index in [0.29, 0.717) is 22.6 Å².